The highest BCUT2D eigenvalue weighted by atomic mass is 32.1. The minimum Gasteiger partial charge on any atom is -0.459 e. The Morgan fingerprint density at radius 3 is 3.22 bits per heavy atom. The molecule has 1 aliphatic heterocycles. The van der Waals surface area contributed by atoms with Gasteiger partial charge in [-0.25, -0.2) is 4.79 Å². The number of esters is 1. The van der Waals surface area contributed by atoms with Gasteiger partial charge in [-0.1, -0.05) is 6.92 Å². The number of likely N-dealkylation sites (N-methyl/N-ethyl adjacent to an activating group) is 1. The molecule has 0 saturated carbocycles. The van der Waals surface area contributed by atoms with Gasteiger partial charge in [0.2, 0.25) is 0 Å². The van der Waals surface area contributed by atoms with Crippen molar-refractivity contribution < 1.29 is 14.3 Å². The number of rotatable bonds is 4. The van der Waals surface area contributed by atoms with Crippen LogP contribution in [0.1, 0.15) is 16.6 Å². The van der Waals surface area contributed by atoms with Crippen LogP contribution in [-0.4, -0.2) is 49.8 Å². The maximum absolute atomic E-state index is 11.8. The predicted octanol–water partition coefficient (Wildman–Crippen LogP) is 1.21. The lowest BCUT2D eigenvalue weighted by atomic mass is 10.3. The van der Waals surface area contributed by atoms with Crippen LogP contribution in [-0.2, 0) is 9.47 Å². The number of carbonyl (C=O) groups is 1. The Morgan fingerprint density at radius 2 is 2.56 bits per heavy atom. The van der Waals surface area contributed by atoms with Crippen molar-refractivity contribution in [3.8, 4) is 0 Å². The summed E-state index contributed by atoms with van der Waals surface area (Å²) in [6.07, 6.45) is -0.0381. The number of thiophene rings is 1. The second-order valence-corrected chi connectivity index (χ2v) is 5.11. The number of nitrogens with zero attached hydrogens (tertiary/aromatic N) is 1. The zero-order valence-electron chi connectivity index (χ0n) is 10.4. The van der Waals surface area contributed by atoms with Crippen molar-refractivity contribution in [1.29, 1.82) is 0 Å². The van der Waals surface area contributed by atoms with E-state index in [1.807, 2.05) is 0 Å². The third-order valence-corrected chi connectivity index (χ3v) is 3.86. The van der Waals surface area contributed by atoms with Crippen LogP contribution in [0.25, 0.3) is 0 Å². The Labute approximate surface area is 110 Å². The number of carbonyl (C=O) groups excluding carboxylic acids is 1. The Balaban J connectivity index is 1.81. The predicted molar refractivity (Wildman–Crippen MR) is 70.9 cm³/mol. The topological polar surface area (TPSA) is 64.8 Å². The first-order chi connectivity index (χ1) is 8.70. The minimum atomic E-state index is -0.361. The number of morpholine rings is 1. The average Bonchev–Trinajstić information content (AvgIpc) is 2.82. The SMILES string of the molecule is CCN1CCOC(COC(=O)c2sccc2N)C1. The summed E-state index contributed by atoms with van der Waals surface area (Å²) in [4.78, 5) is 14.5. The fourth-order valence-corrected chi connectivity index (χ4v) is 2.60. The molecule has 0 aromatic carbocycles. The van der Waals surface area contributed by atoms with E-state index in [4.69, 9.17) is 15.2 Å². The van der Waals surface area contributed by atoms with Gasteiger partial charge in [0.05, 0.1) is 12.3 Å². The maximum atomic E-state index is 11.8. The van der Waals surface area contributed by atoms with Crippen LogP contribution in [0.5, 0.6) is 0 Å². The fourth-order valence-electron chi connectivity index (χ4n) is 1.89. The first kappa shape index (κ1) is 13.3. The van der Waals surface area contributed by atoms with Crippen molar-refractivity contribution in [2.45, 2.75) is 13.0 Å². The van der Waals surface area contributed by atoms with Gasteiger partial charge in [-0.15, -0.1) is 11.3 Å². The molecule has 1 unspecified atom stereocenters. The fraction of sp³-hybridized carbons (Fsp3) is 0.583. The third-order valence-electron chi connectivity index (χ3n) is 2.95. The second-order valence-electron chi connectivity index (χ2n) is 4.19. The summed E-state index contributed by atoms with van der Waals surface area (Å²) in [5.41, 5.74) is 6.14. The molecule has 1 aliphatic rings. The van der Waals surface area contributed by atoms with Crippen LogP contribution in [0.2, 0.25) is 0 Å². The van der Waals surface area contributed by atoms with E-state index in [0.717, 1.165) is 19.6 Å². The summed E-state index contributed by atoms with van der Waals surface area (Å²) in [7, 11) is 0. The van der Waals surface area contributed by atoms with E-state index in [2.05, 4.69) is 11.8 Å². The van der Waals surface area contributed by atoms with Gasteiger partial charge in [0.1, 0.15) is 17.6 Å². The summed E-state index contributed by atoms with van der Waals surface area (Å²) in [6, 6.07) is 1.71. The monoisotopic (exact) mass is 270 g/mol. The standard InChI is InChI=1S/C12H18N2O3S/c1-2-14-4-5-16-9(7-14)8-17-12(15)11-10(13)3-6-18-11/h3,6,9H,2,4-5,7-8,13H2,1H3. The molecule has 1 aromatic heterocycles. The van der Waals surface area contributed by atoms with Crippen molar-refractivity contribution in [2.24, 2.45) is 0 Å². The summed E-state index contributed by atoms with van der Waals surface area (Å²) in [5, 5.41) is 1.78. The van der Waals surface area contributed by atoms with Crippen LogP contribution < -0.4 is 5.73 Å². The zero-order chi connectivity index (χ0) is 13.0. The van der Waals surface area contributed by atoms with Crippen LogP contribution in [0.4, 0.5) is 5.69 Å². The highest BCUT2D eigenvalue weighted by molar-refractivity contribution is 7.12. The molecular weight excluding hydrogens is 252 g/mol. The molecule has 1 saturated heterocycles. The van der Waals surface area contributed by atoms with E-state index < -0.39 is 0 Å². The number of hydrogen-bond acceptors (Lipinski definition) is 6. The quantitative estimate of drug-likeness (QED) is 0.833. The number of nitrogen functional groups attached to an aromatic ring is 1. The molecule has 0 bridgehead atoms. The highest BCUT2D eigenvalue weighted by Crippen LogP contribution is 2.20. The van der Waals surface area contributed by atoms with Gasteiger partial charge in [0, 0.05) is 13.1 Å². The second kappa shape index (κ2) is 6.17. The molecule has 1 aromatic rings. The summed E-state index contributed by atoms with van der Waals surface area (Å²) >= 11 is 1.30. The third kappa shape index (κ3) is 3.22. The lowest BCUT2D eigenvalue weighted by molar-refractivity contribution is -0.0577. The van der Waals surface area contributed by atoms with Gasteiger partial charge in [0.25, 0.3) is 0 Å². The molecule has 18 heavy (non-hydrogen) atoms. The molecule has 0 amide bonds. The summed E-state index contributed by atoms with van der Waals surface area (Å²) in [5.74, 6) is -0.361. The molecule has 0 aliphatic carbocycles. The molecular formula is C12H18N2O3S. The molecule has 0 spiro atoms. The van der Waals surface area contributed by atoms with Gasteiger partial charge < -0.3 is 15.2 Å². The summed E-state index contributed by atoms with van der Waals surface area (Å²) in [6.45, 7) is 5.83. The van der Waals surface area contributed by atoms with Crippen molar-refractivity contribution in [3.05, 3.63) is 16.3 Å². The molecule has 2 heterocycles. The van der Waals surface area contributed by atoms with E-state index in [9.17, 15) is 4.79 Å². The first-order valence-electron chi connectivity index (χ1n) is 6.04. The Kier molecular flexibility index (Phi) is 4.57. The van der Waals surface area contributed by atoms with Crippen molar-refractivity contribution in [3.63, 3.8) is 0 Å². The van der Waals surface area contributed by atoms with Crippen molar-refractivity contribution in [2.75, 3.05) is 38.6 Å². The van der Waals surface area contributed by atoms with Crippen LogP contribution in [0, 0.1) is 0 Å². The van der Waals surface area contributed by atoms with Crippen LogP contribution >= 0.6 is 11.3 Å². The summed E-state index contributed by atoms with van der Waals surface area (Å²) < 4.78 is 10.8. The Bertz CT molecular complexity index is 408. The van der Waals surface area contributed by atoms with Gasteiger partial charge in [-0.05, 0) is 18.0 Å². The molecule has 2 N–H and O–H groups in total. The van der Waals surface area contributed by atoms with E-state index in [1.165, 1.54) is 11.3 Å². The van der Waals surface area contributed by atoms with Crippen LogP contribution in [0.3, 0.4) is 0 Å². The van der Waals surface area contributed by atoms with Gasteiger partial charge in [-0.2, -0.15) is 0 Å². The smallest absolute Gasteiger partial charge is 0.350 e. The number of hydrogen-bond donors (Lipinski definition) is 1. The van der Waals surface area contributed by atoms with Crippen molar-refractivity contribution in [1.82, 2.24) is 4.90 Å². The Morgan fingerprint density at radius 1 is 1.72 bits per heavy atom. The van der Waals surface area contributed by atoms with E-state index in [-0.39, 0.29) is 18.7 Å². The molecule has 1 fully saturated rings. The molecule has 2 rings (SSSR count). The Hall–Kier alpha value is -1.11. The molecule has 1 atom stereocenters. The molecule has 0 radical (unpaired) electrons. The lowest BCUT2D eigenvalue weighted by Gasteiger charge is -2.31. The lowest BCUT2D eigenvalue weighted by Crippen LogP contribution is -2.44. The minimum absolute atomic E-state index is 0.0381. The van der Waals surface area contributed by atoms with Crippen LogP contribution in [0.15, 0.2) is 11.4 Å². The highest BCUT2D eigenvalue weighted by Gasteiger charge is 2.21. The van der Waals surface area contributed by atoms with Gasteiger partial charge in [-0.3, -0.25) is 4.90 Å². The molecule has 6 heteroatoms. The molecule has 5 nitrogen and oxygen atoms in total. The largest absolute Gasteiger partial charge is 0.459 e. The zero-order valence-corrected chi connectivity index (χ0v) is 11.2. The molecule has 100 valence electrons. The number of nitrogens with two attached hydrogens (primary N) is 1. The van der Waals surface area contributed by atoms with E-state index in [0.29, 0.717) is 17.2 Å². The maximum Gasteiger partial charge on any atom is 0.350 e. The average molecular weight is 270 g/mol. The first-order valence-corrected chi connectivity index (χ1v) is 6.92. The van der Waals surface area contributed by atoms with Gasteiger partial charge in [0.15, 0.2) is 0 Å². The normalized spacial score (nSPS) is 20.8. The van der Waals surface area contributed by atoms with E-state index >= 15 is 0 Å². The number of ether oxygens (including phenoxy) is 2. The van der Waals surface area contributed by atoms with Crippen molar-refractivity contribution >= 4 is 23.0 Å². The van der Waals surface area contributed by atoms with Gasteiger partial charge >= 0.3 is 5.97 Å². The number of anilines is 1. The van der Waals surface area contributed by atoms with E-state index in [1.54, 1.807) is 11.4 Å².